The van der Waals surface area contributed by atoms with Crippen LogP contribution in [-0.2, 0) is 6.42 Å². The minimum Gasteiger partial charge on any atom is -0.504 e. The molecule has 0 atom stereocenters. The molecule has 6 nitrogen and oxygen atoms in total. The molecule has 7 heteroatoms. The van der Waals surface area contributed by atoms with Gasteiger partial charge in [0, 0.05) is 12.5 Å². The number of aliphatic hydroxyl groups excluding tert-OH is 1. The molecule has 3 aromatic rings. The molecule has 0 radical (unpaired) electrons. The summed E-state index contributed by atoms with van der Waals surface area (Å²) in [5.74, 6) is 0.0615. The summed E-state index contributed by atoms with van der Waals surface area (Å²) in [5.41, 5.74) is 0.860. The number of aromatic amines is 1. The van der Waals surface area contributed by atoms with Gasteiger partial charge >= 0.3 is 0 Å². The number of aryl methyl sites for hydroxylation is 1. The fraction of sp³-hybridized carbons (Fsp3) is 0.118. The average molecular weight is 327 g/mol. The van der Waals surface area contributed by atoms with Gasteiger partial charge in [-0.2, -0.15) is 5.10 Å². The number of carbonyl (C=O) groups excluding carboxylic acids is 1. The SMILES string of the molecule is Cc1nc(/C(O)=C\C(=O)c2ccc(Cc3ccc(F)cc3)o2)n[nH]1. The number of hydrogen-bond acceptors (Lipinski definition) is 5. The Morgan fingerprint density at radius 2 is 2.04 bits per heavy atom. The highest BCUT2D eigenvalue weighted by molar-refractivity contribution is 6.05. The van der Waals surface area contributed by atoms with Crippen molar-refractivity contribution in [3.05, 3.63) is 77.0 Å². The minimum atomic E-state index is -0.500. The first kappa shape index (κ1) is 15.7. The summed E-state index contributed by atoms with van der Waals surface area (Å²) >= 11 is 0. The molecule has 0 bridgehead atoms. The van der Waals surface area contributed by atoms with E-state index in [4.69, 9.17) is 4.42 Å². The standard InChI is InChI=1S/C17H14FN3O3/c1-10-19-17(21-20-10)15(23)9-14(22)16-7-6-13(24-16)8-11-2-4-12(18)5-3-11/h2-7,9,23H,8H2,1H3,(H,19,20,21)/b15-9+. The Labute approximate surface area is 136 Å². The molecular formula is C17H14FN3O3. The molecule has 24 heavy (non-hydrogen) atoms. The molecule has 2 N–H and O–H groups in total. The topological polar surface area (TPSA) is 92.0 Å². The zero-order valence-electron chi connectivity index (χ0n) is 12.8. The second-order valence-electron chi connectivity index (χ2n) is 5.21. The fourth-order valence-electron chi connectivity index (χ4n) is 2.13. The maximum atomic E-state index is 12.9. The molecule has 0 saturated heterocycles. The number of rotatable bonds is 5. The number of aromatic nitrogens is 3. The van der Waals surface area contributed by atoms with Crippen LogP contribution in [0.25, 0.3) is 5.76 Å². The van der Waals surface area contributed by atoms with Crippen molar-refractivity contribution in [2.75, 3.05) is 0 Å². The number of halogens is 1. The highest BCUT2D eigenvalue weighted by Crippen LogP contribution is 2.16. The van der Waals surface area contributed by atoms with E-state index in [0.717, 1.165) is 11.6 Å². The monoisotopic (exact) mass is 327 g/mol. The van der Waals surface area contributed by atoms with Crippen molar-refractivity contribution in [1.82, 2.24) is 15.2 Å². The van der Waals surface area contributed by atoms with Gasteiger partial charge in [0.2, 0.25) is 11.6 Å². The van der Waals surface area contributed by atoms with Crippen LogP contribution in [0.5, 0.6) is 0 Å². The molecule has 0 fully saturated rings. The summed E-state index contributed by atoms with van der Waals surface area (Å²) in [6, 6.07) is 9.22. The first-order valence-corrected chi connectivity index (χ1v) is 7.19. The number of aliphatic hydroxyl groups is 1. The number of carbonyl (C=O) groups is 1. The summed E-state index contributed by atoms with van der Waals surface area (Å²) in [7, 11) is 0. The van der Waals surface area contributed by atoms with Crippen LogP contribution in [0, 0.1) is 12.7 Å². The van der Waals surface area contributed by atoms with Gasteiger partial charge in [-0.3, -0.25) is 9.89 Å². The quantitative estimate of drug-likeness (QED) is 0.426. The van der Waals surface area contributed by atoms with Crippen molar-refractivity contribution in [3.8, 4) is 0 Å². The van der Waals surface area contributed by atoms with Crippen molar-refractivity contribution in [2.45, 2.75) is 13.3 Å². The molecule has 0 aliphatic heterocycles. The van der Waals surface area contributed by atoms with Crippen molar-refractivity contribution < 1.29 is 18.7 Å². The predicted molar refractivity (Wildman–Crippen MR) is 84.0 cm³/mol. The van der Waals surface area contributed by atoms with E-state index in [-0.39, 0.29) is 23.2 Å². The van der Waals surface area contributed by atoms with Crippen molar-refractivity contribution >= 4 is 11.5 Å². The molecule has 3 rings (SSSR count). The molecule has 0 saturated carbocycles. The number of H-pyrrole nitrogens is 1. The van der Waals surface area contributed by atoms with E-state index in [0.29, 0.717) is 18.0 Å². The van der Waals surface area contributed by atoms with Gasteiger partial charge in [0.25, 0.3) is 0 Å². The zero-order chi connectivity index (χ0) is 17.1. The molecule has 122 valence electrons. The lowest BCUT2D eigenvalue weighted by Crippen LogP contribution is -1.96. The average Bonchev–Trinajstić information content (AvgIpc) is 3.19. The number of furan rings is 1. The normalized spacial score (nSPS) is 11.7. The second kappa shape index (κ2) is 6.49. The van der Waals surface area contributed by atoms with Crippen LogP contribution in [0.1, 0.15) is 33.5 Å². The van der Waals surface area contributed by atoms with E-state index < -0.39 is 5.78 Å². The Balaban J connectivity index is 1.72. The molecule has 2 aromatic heterocycles. The highest BCUT2D eigenvalue weighted by atomic mass is 19.1. The van der Waals surface area contributed by atoms with E-state index in [2.05, 4.69) is 15.2 Å². The number of allylic oxidation sites excluding steroid dienone is 1. The number of nitrogens with zero attached hydrogens (tertiary/aromatic N) is 2. The summed E-state index contributed by atoms with van der Waals surface area (Å²) < 4.78 is 18.4. The van der Waals surface area contributed by atoms with Gasteiger partial charge in [-0.15, -0.1) is 0 Å². The molecule has 1 aromatic carbocycles. The molecule has 0 spiro atoms. The van der Waals surface area contributed by atoms with Gasteiger partial charge in [0.1, 0.15) is 17.4 Å². The summed E-state index contributed by atoms with van der Waals surface area (Å²) in [6.45, 7) is 1.68. The van der Waals surface area contributed by atoms with Gasteiger partial charge in [-0.1, -0.05) is 12.1 Å². The van der Waals surface area contributed by atoms with Crippen LogP contribution < -0.4 is 0 Å². The van der Waals surface area contributed by atoms with Gasteiger partial charge in [-0.05, 0) is 36.8 Å². The number of nitrogens with one attached hydrogen (secondary N) is 1. The van der Waals surface area contributed by atoms with Crippen LogP contribution in [-0.4, -0.2) is 26.1 Å². The minimum absolute atomic E-state index is 0.0407. The van der Waals surface area contributed by atoms with Crippen molar-refractivity contribution in [1.29, 1.82) is 0 Å². The van der Waals surface area contributed by atoms with Crippen LogP contribution >= 0.6 is 0 Å². The lowest BCUT2D eigenvalue weighted by Gasteiger charge is -1.98. The maximum Gasteiger partial charge on any atom is 0.224 e. The van der Waals surface area contributed by atoms with Gasteiger partial charge in [0.15, 0.2) is 11.5 Å². The second-order valence-corrected chi connectivity index (χ2v) is 5.21. The van der Waals surface area contributed by atoms with Gasteiger partial charge in [-0.25, -0.2) is 9.37 Å². The summed E-state index contributed by atoms with van der Waals surface area (Å²) in [4.78, 5) is 16.0. The number of hydrogen-bond donors (Lipinski definition) is 2. The van der Waals surface area contributed by atoms with Crippen LogP contribution in [0.15, 0.2) is 46.9 Å². The van der Waals surface area contributed by atoms with E-state index in [1.54, 1.807) is 25.1 Å². The third-order valence-corrected chi connectivity index (χ3v) is 3.29. The third-order valence-electron chi connectivity index (χ3n) is 3.29. The van der Waals surface area contributed by atoms with Crippen molar-refractivity contribution in [3.63, 3.8) is 0 Å². The molecule has 0 aliphatic carbocycles. The number of ketones is 1. The first-order valence-electron chi connectivity index (χ1n) is 7.19. The van der Waals surface area contributed by atoms with Gasteiger partial charge in [0.05, 0.1) is 0 Å². The summed E-state index contributed by atoms with van der Waals surface area (Å²) in [5, 5.41) is 16.2. The number of benzene rings is 1. The zero-order valence-corrected chi connectivity index (χ0v) is 12.8. The molecule has 0 unspecified atom stereocenters. The summed E-state index contributed by atoms with van der Waals surface area (Å²) in [6.07, 6.45) is 1.44. The third kappa shape index (κ3) is 3.57. The van der Waals surface area contributed by atoms with E-state index >= 15 is 0 Å². The van der Waals surface area contributed by atoms with Crippen LogP contribution in [0.2, 0.25) is 0 Å². The Morgan fingerprint density at radius 1 is 1.29 bits per heavy atom. The van der Waals surface area contributed by atoms with E-state index in [1.807, 2.05) is 0 Å². The lowest BCUT2D eigenvalue weighted by molar-refractivity contribution is 0.101. The molecule has 0 amide bonds. The van der Waals surface area contributed by atoms with Crippen LogP contribution in [0.4, 0.5) is 4.39 Å². The molecule has 2 heterocycles. The first-order chi connectivity index (χ1) is 11.5. The Morgan fingerprint density at radius 3 is 2.71 bits per heavy atom. The fourth-order valence-corrected chi connectivity index (χ4v) is 2.13. The largest absolute Gasteiger partial charge is 0.504 e. The van der Waals surface area contributed by atoms with Crippen LogP contribution in [0.3, 0.4) is 0 Å². The maximum absolute atomic E-state index is 12.9. The lowest BCUT2D eigenvalue weighted by atomic mass is 10.1. The Kier molecular flexibility index (Phi) is 4.24. The molecular weight excluding hydrogens is 313 g/mol. The van der Waals surface area contributed by atoms with E-state index in [9.17, 15) is 14.3 Å². The predicted octanol–water partition coefficient (Wildman–Crippen LogP) is 3.22. The smallest absolute Gasteiger partial charge is 0.224 e. The Bertz CT molecular complexity index is 894. The van der Waals surface area contributed by atoms with Crippen molar-refractivity contribution in [2.24, 2.45) is 0 Å². The van der Waals surface area contributed by atoms with Gasteiger partial charge < -0.3 is 9.52 Å². The highest BCUT2D eigenvalue weighted by Gasteiger charge is 2.13. The molecule has 0 aliphatic rings. The Hall–Kier alpha value is -3.22. The van der Waals surface area contributed by atoms with E-state index in [1.165, 1.54) is 18.2 Å².